The highest BCUT2D eigenvalue weighted by atomic mass is 16.5. The van der Waals surface area contributed by atoms with Crippen molar-refractivity contribution in [2.24, 2.45) is 0 Å². The summed E-state index contributed by atoms with van der Waals surface area (Å²) >= 11 is 0. The van der Waals surface area contributed by atoms with Crippen molar-refractivity contribution >= 4 is 5.91 Å². The molecule has 0 aliphatic carbocycles. The Morgan fingerprint density at radius 1 is 1.12 bits per heavy atom. The van der Waals surface area contributed by atoms with Crippen LogP contribution >= 0.6 is 0 Å². The molecule has 0 N–H and O–H groups in total. The highest BCUT2D eigenvalue weighted by molar-refractivity contribution is 5.94. The third-order valence-electron chi connectivity index (χ3n) is 4.25. The zero-order valence-electron chi connectivity index (χ0n) is 14.9. The van der Waals surface area contributed by atoms with E-state index in [1.165, 1.54) is 0 Å². The van der Waals surface area contributed by atoms with Crippen LogP contribution in [0.2, 0.25) is 0 Å². The van der Waals surface area contributed by atoms with Gasteiger partial charge in [0, 0.05) is 24.2 Å². The molecule has 0 spiro atoms. The number of hydrogen-bond acceptors (Lipinski definition) is 5. The van der Waals surface area contributed by atoms with E-state index >= 15 is 0 Å². The molecule has 3 rings (SSSR count). The monoisotopic (exact) mass is 341 g/mol. The largest absolute Gasteiger partial charge is 0.480 e. The van der Waals surface area contributed by atoms with Crippen LogP contribution in [0.25, 0.3) is 0 Å². The highest BCUT2D eigenvalue weighted by Gasteiger charge is 2.26. The minimum Gasteiger partial charge on any atom is -0.480 e. The lowest BCUT2D eigenvalue weighted by Gasteiger charge is -2.32. The van der Waals surface area contributed by atoms with E-state index in [9.17, 15) is 4.79 Å². The molecule has 6 nitrogen and oxygen atoms in total. The molecule has 2 heterocycles. The molecule has 25 heavy (non-hydrogen) atoms. The van der Waals surface area contributed by atoms with Gasteiger partial charge in [0.15, 0.2) is 0 Å². The predicted molar refractivity (Wildman–Crippen MR) is 94.1 cm³/mol. The van der Waals surface area contributed by atoms with Crippen molar-refractivity contribution in [3.63, 3.8) is 0 Å². The SMILES string of the molecule is COc1ccc(OC2CCCN(C(=O)c3cc(C)cc(C)c3)C2)nn1. The first-order chi connectivity index (χ1) is 12.0. The summed E-state index contributed by atoms with van der Waals surface area (Å²) in [6, 6.07) is 9.39. The minimum atomic E-state index is -0.0775. The first-order valence-corrected chi connectivity index (χ1v) is 8.47. The van der Waals surface area contributed by atoms with Crippen LogP contribution in [0.5, 0.6) is 11.8 Å². The van der Waals surface area contributed by atoms with E-state index in [-0.39, 0.29) is 12.0 Å². The summed E-state index contributed by atoms with van der Waals surface area (Å²) in [6.45, 7) is 5.32. The Hall–Kier alpha value is -2.63. The van der Waals surface area contributed by atoms with Crippen molar-refractivity contribution in [2.45, 2.75) is 32.8 Å². The van der Waals surface area contributed by atoms with E-state index in [0.717, 1.165) is 36.1 Å². The molecule has 1 aliphatic rings. The molecule has 0 radical (unpaired) electrons. The normalized spacial score (nSPS) is 17.2. The van der Waals surface area contributed by atoms with Crippen LogP contribution in [0.1, 0.15) is 34.3 Å². The second-order valence-corrected chi connectivity index (χ2v) is 6.42. The van der Waals surface area contributed by atoms with Gasteiger partial charge in [0.2, 0.25) is 11.8 Å². The first-order valence-electron chi connectivity index (χ1n) is 8.47. The molecule has 1 amide bonds. The molecule has 1 unspecified atom stereocenters. The Bertz CT molecular complexity index is 726. The molecular formula is C19H23N3O3. The van der Waals surface area contributed by atoms with Crippen molar-refractivity contribution in [3.8, 4) is 11.8 Å². The van der Waals surface area contributed by atoms with Crippen LogP contribution in [0.3, 0.4) is 0 Å². The summed E-state index contributed by atoms with van der Waals surface area (Å²) < 4.78 is 10.9. The summed E-state index contributed by atoms with van der Waals surface area (Å²) in [5, 5.41) is 7.90. The van der Waals surface area contributed by atoms with E-state index < -0.39 is 0 Å². The fraction of sp³-hybridized carbons (Fsp3) is 0.421. The maximum absolute atomic E-state index is 12.8. The summed E-state index contributed by atoms with van der Waals surface area (Å²) in [7, 11) is 1.54. The van der Waals surface area contributed by atoms with Crippen molar-refractivity contribution < 1.29 is 14.3 Å². The number of carbonyl (C=O) groups is 1. The number of ether oxygens (including phenoxy) is 2. The summed E-state index contributed by atoms with van der Waals surface area (Å²) in [5.74, 6) is 0.954. The summed E-state index contributed by atoms with van der Waals surface area (Å²) in [5.41, 5.74) is 2.94. The zero-order valence-corrected chi connectivity index (χ0v) is 14.9. The number of rotatable bonds is 4. The number of aromatic nitrogens is 2. The van der Waals surface area contributed by atoms with E-state index in [1.807, 2.05) is 30.9 Å². The molecule has 1 aliphatic heterocycles. The topological polar surface area (TPSA) is 64.6 Å². The van der Waals surface area contributed by atoms with Gasteiger partial charge in [-0.1, -0.05) is 17.2 Å². The van der Waals surface area contributed by atoms with Crippen molar-refractivity contribution in [1.82, 2.24) is 15.1 Å². The average molecular weight is 341 g/mol. The van der Waals surface area contributed by atoms with Gasteiger partial charge in [-0.15, -0.1) is 10.2 Å². The van der Waals surface area contributed by atoms with Gasteiger partial charge in [0.05, 0.1) is 13.7 Å². The number of hydrogen-bond donors (Lipinski definition) is 0. The van der Waals surface area contributed by atoms with Crippen LogP contribution in [-0.4, -0.2) is 47.3 Å². The first kappa shape index (κ1) is 17.2. The minimum absolute atomic E-state index is 0.0564. The Morgan fingerprint density at radius 2 is 1.80 bits per heavy atom. The van der Waals surface area contributed by atoms with Gasteiger partial charge in [-0.05, 0) is 38.8 Å². The molecule has 6 heteroatoms. The van der Waals surface area contributed by atoms with Gasteiger partial charge < -0.3 is 14.4 Å². The van der Waals surface area contributed by atoms with Gasteiger partial charge in [-0.25, -0.2) is 0 Å². The number of carbonyl (C=O) groups excluding carboxylic acids is 1. The number of benzene rings is 1. The van der Waals surface area contributed by atoms with Crippen molar-refractivity contribution in [1.29, 1.82) is 0 Å². The van der Waals surface area contributed by atoms with E-state index in [0.29, 0.717) is 18.3 Å². The average Bonchev–Trinajstić information content (AvgIpc) is 2.61. The summed E-state index contributed by atoms with van der Waals surface area (Å²) in [4.78, 5) is 14.7. The zero-order chi connectivity index (χ0) is 17.8. The fourth-order valence-electron chi connectivity index (χ4n) is 3.15. The molecule has 132 valence electrons. The third-order valence-corrected chi connectivity index (χ3v) is 4.25. The van der Waals surface area contributed by atoms with E-state index in [4.69, 9.17) is 9.47 Å². The Kier molecular flexibility index (Phi) is 5.16. The second-order valence-electron chi connectivity index (χ2n) is 6.42. The van der Waals surface area contributed by atoms with Gasteiger partial charge in [-0.2, -0.15) is 0 Å². The lowest BCUT2D eigenvalue weighted by molar-refractivity contribution is 0.0525. The number of amides is 1. The molecule has 1 aromatic heterocycles. The van der Waals surface area contributed by atoms with Gasteiger partial charge in [0.25, 0.3) is 5.91 Å². The van der Waals surface area contributed by atoms with Crippen molar-refractivity contribution in [2.75, 3.05) is 20.2 Å². The number of methoxy groups -OCH3 is 1. The van der Waals surface area contributed by atoms with Crippen LogP contribution in [0.4, 0.5) is 0 Å². The fourth-order valence-corrected chi connectivity index (χ4v) is 3.15. The Balaban J connectivity index is 1.66. The Labute approximate surface area is 147 Å². The van der Waals surface area contributed by atoms with Gasteiger partial charge in [0.1, 0.15) is 6.10 Å². The summed E-state index contributed by atoms with van der Waals surface area (Å²) in [6.07, 6.45) is 1.72. The molecular weight excluding hydrogens is 318 g/mol. The van der Waals surface area contributed by atoms with Gasteiger partial charge in [-0.3, -0.25) is 4.79 Å². The molecule has 0 bridgehead atoms. The lowest BCUT2D eigenvalue weighted by Crippen LogP contribution is -2.44. The quantitative estimate of drug-likeness (QED) is 0.855. The Morgan fingerprint density at radius 3 is 2.44 bits per heavy atom. The van der Waals surface area contributed by atoms with Crippen LogP contribution < -0.4 is 9.47 Å². The van der Waals surface area contributed by atoms with Crippen LogP contribution in [0, 0.1) is 13.8 Å². The molecule has 1 aromatic carbocycles. The van der Waals surface area contributed by atoms with Gasteiger partial charge >= 0.3 is 0 Å². The van der Waals surface area contributed by atoms with Crippen LogP contribution in [-0.2, 0) is 0 Å². The number of nitrogens with zero attached hydrogens (tertiary/aromatic N) is 3. The molecule has 1 fully saturated rings. The van der Waals surface area contributed by atoms with E-state index in [1.54, 1.807) is 19.2 Å². The molecule has 1 saturated heterocycles. The maximum atomic E-state index is 12.8. The highest BCUT2D eigenvalue weighted by Crippen LogP contribution is 2.20. The van der Waals surface area contributed by atoms with Crippen LogP contribution in [0.15, 0.2) is 30.3 Å². The molecule has 0 saturated carbocycles. The van der Waals surface area contributed by atoms with Crippen molar-refractivity contribution in [3.05, 3.63) is 47.0 Å². The number of piperidine rings is 1. The number of likely N-dealkylation sites (tertiary alicyclic amines) is 1. The van der Waals surface area contributed by atoms with E-state index in [2.05, 4.69) is 16.3 Å². The predicted octanol–water partition coefficient (Wildman–Crippen LogP) is 2.79. The molecule has 2 aromatic rings. The standard InChI is InChI=1S/C19H23N3O3/c1-13-9-14(2)11-15(10-13)19(23)22-8-4-5-16(12-22)25-18-7-6-17(24-3)20-21-18/h6-7,9-11,16H,4-5,8,12H2,1-3H3. The molecule has 1 atom stereocenters. The second kappa shape index (κ2) is 7.51. The smallest absolute Gasteiger partial charge is 0.253 e. The lowest BCUT2D eigenvalue weighted by atomic mass is 10.0. The maximum Gasteiger partial charge on any atom is 0.253 e. The number of aryl methyl sites for hydroxylation is 2. The third kappa shape index (κ3) is 4.26.